The summed E-state index contributed by atoms with van der Waals surface area (Å²) in [6, 6.07) is 11.1. The number of nitrogens with zero attached hydrogens (tertiary/aromatic N) is 1. The molecule has 2 heterocycles. The number of carbonyl (C=O) groups excluding carboxylic acids is 1. The van der Waals surface area contributed by atoms with E-state index >= 15 is 0 Å². The first kappa shape index (κ1) is 15.3. The molecule has 5 nitrogen and oxygen atoms in total. The molecule has 0 radical (unpaired) electrons. The first-order chi connectivity index (χ1) is 11.1. The molecule has 3 rings (SSSR count). The number of amides is 1. The van der Waals surface area contributed by atoms with Crippen molar-refractivity contribution in [2.75, 3.05) is 13.7 Å². The third-order valence-electron chi connectivity index (χ3n) is 3.46. The van der Waals surface area contributed by atoms with Crippen molar-refractivity contribution in [3.63, 3.8) is 0 Å². The molecule has 1 saturated heterocycles. The lowest BCUT2D eigenvalue weighted by atomic mass is 10.2. The van der Waals surface area contributed by atoms with Crippen LogP contribution in [0.3, 0.4) is 0 Å². The summed E-state index contributed by atoms with van der Waals surface area (Å²) in [5.41, 5.74) is 0.917. The van der Waals surface area contributed by atoms with Crippen molar-refractivity contribution in [1.29, 1.82) is 0 Å². The number of hydrogen-bond acceptors (Lipinski definition) is 5. The topological polar surface area (TPSA) is 51.9 Å². The SMILES string of the molecule is CCN1C(=O)/C(=C/c2ccc(-c3ccc(OC)cc3)o2)OC1=S. The number of carbonyl (C=O) groups is 1. The number of benzene rings is 1. The highest BCUT2D eigenvalue weighted by atomic mass is 32.1. The molecule has 23 heavy (non-hydrogen) atoms. The maximum Gasteiger partial charge on any atom is 0.297 e. The Bertz CT molecular complexity index is 776. The fraction of sp³-hybridized carbons (Fsp3) is 0.176. The van der Waals surface area contributed by atoms with Crippen molar-refractivity contribution < 1.29 is 18.7 Å². The van der Waals surface area contributed by atoms with Crippen LogP contribution < -0.4 is 4.74 Å². The molecule has 1 aliphatic heterocycles. The van der Waals surface area contributed by atoms with Crippen molar-refractivity contribution in [2.45, 2.75) is 6.92 Å². The van der Waals surface area contributed by atoms with E-state index < -0.39 is 0 Å². The Hall–Kier alpha value is -2.60. The van der Waals surface area contributed by atoms with Crippen LogP contribution in [0.4, 0.5) is 0 Å². The van der Waals surface area contributed by atoms with Crippen LogP contribution in [0.5, 0.6) is 5.75 Å². The number of ether oxygens (including phenoxy) is 2. The summed E-state index contributed by atoms with van der Waals surface area (Å²) in [6.45, 7) is 2.31. The maximum atomic E-state index is 12.1. The van der Waals surface area contributed by atoms with Gasteiger partial charge in [0.25, 0.3) is 11.1 Å². The first-order valence-corrected chi connectivity index (χ1v) is 7.53. The number of rotatable bonds is 4. The van der Waals surface area contributed by atoms with E-state index in [2.05, 4.69) is 0 Å². The quantitative estimate of drug-likeness (QED) is 0.635. The van der Waals surface area contributed by atoms with Gasteiger partial charge in [-0.15, -0.1) is 0 Å². The first-order valence-electron chi connectivity index (χ1n) is 7.12. The molecule has 1 aromatic heterocycles. The van der Waals surface area contributed by atoms with E-state index in [-0.39, 0.29) is 16.8 Å². The minimum Gasteiger partial charge on any atom is -0.497 e. The normalized spacial score (nSPS) is 16.1. The standard InChI is InChI=1S/C17H15NO4S/c1-3-18-16(19)15(22-17(18)23)10-13-8-9-14(21-13)11-4-6-12(20-2)7-5-11/h4-10H,3H2,1-2H3/b15-10-. The van der Waals surface area contributed by atoms with Crippen LogP contribution in [0.1, 0.15) is 12.7 Å². The van der Waals surface area contributed by atoms with Gasteiger partial charge in [0.05, 0.1) is 7.11 Å². The summed E-state index contributed by atoms with van der Waals surface area (Å²) in [5.74, 6) is 1.92. The average molecular weight is 329 g/mol. The minimum absolute atomic E-state index is 0.172. The van der Waals surface area contributed by atoms with Crippen molar-refractivity contribution in [1.82, 2.24) is 4.90 Å². The van der Waals surface area contributed by atoms with Crippen LogP contribution in [-0.2, 0) is 9.53 Å². The van der Waals surface area contributed by atoms with Crippen LogP contribution in [0.15, 0.2) is 46.6 Å². The van der Waals surface area contributed by atoms with Crippen LogP contribution >= 0.6 is 12.2 Å². The van der Waals surface area contributed by atoms with Gasteiger partial charge in [0, 0.05) is 18.2 Å². The number of furan rings is 1. The summed E-state index contributed by atoms with van der Waals surface area (Å²) >= 11 is 5.02. The summed E-state index contributed by atoms with van der Waals surface area (Å²) < 4.78 is 16.2. The van der Waals surface area contributed by atoms with Crippen molar-refractivity contribution in [3.05, 3.63) is 47.9 Å². The van der Waals surface area contributed by atoms with Crippen molar-refractivity contribution in [2.24, 2.45) is 0 Å². The number of methoxy groups -OCH3 is 1. The van der Waals surface area contributed by atoms with E-state index in [1.807, 2.05) is 37.3 Å². The Balaban J connectivity index is 1.83. The lowest BCUT2D eigenvalue weighted by Crippen LogP contribution is -2.27. The van der Waals surface area contributed by atoms with Crippen LogP contribution in [-0.4, -0.2) is 29.6 Å². The van der Waals surface area contributed by atoms with Gasteiger partial charge in [0.2, 0.25) is 0 Å². The Morgan fingerprint density at radius 2 is 1.96 bits per heavy atom. The zero-order chi connectivity index (χ0) is 16.4. The Kier molecular flexibility index (Phi) is 4.16. The van der Waals surface area contributed by atoms with E-state index in [0.29, 0.717) is 18.1 Å². The third-order valence-corrected chi connectivity index (χ3v) is 3.77. The van der Waals surface area contributed by atoms with E-state index in [1.165, 1.54) is 4.90 Å². The van der Waals surface area contributed by atoms with Gasteiger partial charge in [-0.1, -0.05) is 0 Å². The van der Waals surface area contributed by atoms with Gasteiger partial charge < -0.3 is 13.9 Å². The molecule has 0 saturated carbocycles. The fourth-order valence-electron chi connectivity index (χ4n) is 2.24. The lowest BCUT2D eigenvalue weighted by molar-refractivity contribution is -0.122. The second-order valence-electron chi connectivity index (χ2n) is 4.86. The van der Waals surface area contributed by atoms with E-state index in [9.17, 15) is 4.79 Å². The predicted octanol–water partition coefficient (Wildman–Crippen LogP) is 3.46. The Morgan fingerprint density at radius 1 is 1.22 bits per heavy atom. The van der Waals surface area contributed by atoms with Crippen LogP contribution in [0.2, 0.25) is 0 Å². The number of hydrogen-bond donors (Lipinski definition) is 0. The largest absolute Gasteiger partial charge is 0.497 e. The molecule has 0 spiro atoms. The molecule has 6 heteroatoms. The summed E-state index contributed by atoms with van der Waals surface area (Å²) in [4.78, 5) is 13.5. The Morgan fingerprint density at radius 3 is 2.57 bits per heavy atom. The number of thiocarbonyl (C=S) groups is 1. The molecule has 0 aliphatic carbocycles. The molecule has 0 bridgehead atoms. The minimum atomic E-state index is -0.250. The molecule has 0 atom stereocenters. The second-order valence-corrected chi connectivity index (χ2v) is 5.21. The third kappa shape index (κ3) is 2.98. The van der Waals surface area contributed by atoms with Crippen molar-refractivity contribution in [3.8, 4) is 17.1 Å². The van der Waals surface area contributed by atoms with E-state index in [0.717, 1.165) is 11.3 Å². The zero-order valence-corrected chi connectivity index (χ0v) is 13.6. The summed E-state index contributed by atoms with van der Waals surface area (Å²) in [5, 5.41) is 0.172. The fourth-order valence-corrected chi connectivity index (χ4v) is 2.54. The number of likely N-dealkylation sites (N-methyl/N-ethyl adjacent to an activating group) is 1. The second kappa shape index (κ2) is 6.26. The molecule has 1 amide bonds. The molecule has 0 unspecified atom stereocenters. The molecule has 1 aromatic carbocycles. The van der Waals surface area contributed by atoms with Gasteiger partial charge in [-0.05, 0) is 55.5 Å². The zero-order valence-electron chi connectivity index (χ0n) is 12.7. The smallest absolute Gasteiger partial charge is 0.297 e. The Labute approximate surface area is 139 Å². The van der Waals surface area contributed by atoms with Gasteiger partial charge in [-0.2, -0.15) is 0 Å². The average Bonchev–Trinajstić information content (AvgIpc) is 3.13. The van der Waals surface area contributed by atoms with Gasteiger partial charge in [0.15, 0.2) is 5.76 Å². The molecular formula is C17H15NO4S. The molecule has 1 fully saturated rings. The monoisotopic (exact) mass is 329 g/mol. The van der Waals surface area contributed by atoms with Gasteiger partial charge in [-0.3, -0.25) is 9.69 Å². The predicted molar refractivity (Wildman–Crippen MR) is 89.7 cm³/mol. The molecular weight excluding hydrogens is 314 g/mol. The van der Waals surface area contributed by atoms with Crippen LogP contribution in [0, 0.1) is 0 Å². The van der Waals surface area contributed by atoms with Gasteiger partial charge >= 0.3 is 0 Å². The lowest BCUT2D eigenvalue weighted by Gasteiger charge is -2.06. The molecule has 118 valence electrons. The maximum absolute atomic E-state index is 12.1. The molecule has 2 aromatic rings. The van der Waals surface area contributed by atoms with Gasteiger partial charge in [0.1, 0.15) is 17.3 Å². The van der Waals surface area contributed by atoms with E-state index in [1.54, 1.807) is 19.3 Å². The molecule has 0 N–H and O–H groups in total. The highest BCUT2D eigenvalue weighted by Crippen LogP contribution is 2.26. The highest BCUT2D eigenvalue weighted by Gasteiger charge is 2.32. The van der Waals surface area contributed by atoms with Crippen LogP contribution in [0.25, 0.3) is 17.4 Å². The molecule has 1 aliphatic rings. The van der Waals surface area contributed by atoms with Crippen molar-refractivity contribution >= 4 is 29.4 Å². The summed E-state index contributed by atoms with van der Waals surface area (Å²) in [7, 11) is 1.62. The highest BCUT2D eigenvalue weighted by molar-refractivity contribution is 7.80. The summed E-state index contributed by atoms with van der Waals surface area (Å²) in [6.07, 6.45) is 1.55. The van der Waals surface area contributed by atoms with Gasteiger partial charge in [-0.25, -0.2) is 0 Å². The van der Waals surface area contributed by atoms with E-state index in [4.69, 9.17) is 26.1 Å².